The summed E-state index contributed by atoms with van der Waals surface area (Å²) in [5, 5.41) is 0. The molecule has 0 saturated carbocycles. The van der Waals surface area contributed by atoms with E-state index in [1.165, 1.54) is 12.1 Å². The van der Waals surface area contributed by atoms with Gasteiger partial charge in [0.05, 0.1) is 4.47 Å². The summed E-state index contributed by atoms with van der Waals surface area (Å²) in [5.41, 5.74) is 8.76. The number of hydrogen-bond donors (Lipinski definition) is 1. The number of halogens is 3. The topological polar surface area (TPSA) is 29.3 Å². The van der Waals surface area contributed by atoms with Crippen LogP contribution in [-0.4, -0.2) is 6.54 Å². The van der Waals surface area contributed by atoms with E-state index >= 15 is 0 Å². The van der Waals surface area contributed by atoms with Gasteiger partial charge in [0.1, 0.15) is 11.6 Å². The molecule has 0 radical (unpaired) electrons. The Morgan fingerprint density at radius 2 is 2.00 bits per heavy atom. The molecule has 2 nitrogen and oxygen atoms in total. The lowest BCUT2D eigenvalue weighted by atomic mass is 10.1. The fraction of sp³-hybridized carbons (Fsp3) is 0.200. The Labute approximate surface area is 124 Å². The third kappa shape index (κ3) is 2.16. The largest absolute Gasteiger partial charge is 0.398 e. The van der Waals surface area contributed by atoms with Gasteiger partial charge in [0.15, 0.2) is 0 Å². The average Bonchev–Trinajstić information content (AvgIpc) is 2.84. The van der Waals surface area contributed by atoms with Gasteiger partial charge in [-0.2, -0.15) is 0 Å². The van der Waals surface area contributed by atoms with Crippen molar-refractivity contribution in [1.82, 2.24) is 0 Å². The summed E-state index contributed by atoms with van der Waals surface area (Å²) < 4.78 is 28.1. The maximum absolute atomic E-state index is 14.0. The lowest BCUT2D eigenvalue weighted by Crippen LogP contribution is -2.21. The van der Waals surface area contributed by atoms with Crippen molar-refractivity contribution >= 4 is 27.3 Å². The molecule has 0 unspecified atom stereocenters. The summed E-state index contributed by atoms with van der Waals surface area (Å²) in [6.07, 6.45) is 0.805. The van der Waals surface area contributed by atoms with Crippen LogP contribution in [0.25, 0.3) is 0 Å². The third-order valence-electron chi connectivity index (χ3n) is 3.65. The van der Waals surface area contributed by atoms with E-state index in [-0.39, 0.29) is 16.6 Å². The van der Waals surface area contributed by atoms with Gasteiger partial charge in [0.25, 0.3) is 0 Å². The Balaban J connectivity index is 1.96. The summed E-state index contributed by atoms with van der Waals surface area (Å²) in [5.74, 6) is -1.06. The van der Waals surface area contributed by atoms with E-state index in [1.54, 1.807) is 0 Å². The minimum atomic E-state index is -0.539. The van der Waals surface area contributed by atoms with Crippen molar-refractivity contribution < 1.29 is 8.78 Å². The lowest BCUT2D eigenvalue weighted by Gasteiger charge is -2.20. The molecule has 1 aliphatic heterocycles. The molecule has 0 bridgehead atoms. The maximum Gasteiger partial charge on any atom is 0.145 e. The van der Waals surface area contributed by atoms with E-state index < -0.39 is 11.6 Å². The number of anilines is 2. The molecule has 0 saturated heterocycles. The molecule has 2 aromatic carbocycles. The van der Waals surface area contributed by atoms with E-state index in [0.29, 0.717) is 0 Å². The van der Waals surface area contributed by atoms with Crippen LogP contribution < -0.4 is 10.6 Å². The van der Waals surface area contributed by atoms with Gasteiger partial charge in [-0.15, -0.1) is 0 Å². The van der Waals surface area contributed by atoms with Gasteiger partial charge < -0.3 is 10.6 Å². The molecule has 5 heteroatoms. The summed E-state index contributed by atoms with van der Waals surface area (Å²) in [6.45, 7) is 0.919. The second-order valence-corrected chi connectivity index (χ2v) is 5.69. The molecular formula is C15H13BrF2N2. The van der Waals surface area contributed by atoms with Gasteiger partial charge in [0.2, 0.25) is 0 Å². The van der Waals surface area contributed by atoms with Crippen molar-refractivity contribution in [3.63, 3.8) is 0 Å². The van der Waals surface area contributed by atoms with E-state index in [2.05, 4.69) is 15.9 Å². The Kier molecular flexibility index (Phi) is 3.38. The number of fused-ring (bicyclic) bond motifs is 1. The predicted octanol–water partition coefficient (Wildman–Crippen LogP) is 3.87. The minimum absolute atomic E-state index is 0.0784. The maximum atomic E-state index is 14.0. The SMILES string of the molecule is Nc1cccc2c1CCN2Cc1c(F)ccc(Br)c1F. The molecule has 20 heavy (non-hydrogen) atoms. The number of nitrogens with two attached hydrogens (primary N) is 1. The summed E-state index contributed by atoms with van der Waals surface area (Å²) >= 11 is 3.09. The van der Waals surface area contributed by atoms with Crippen LogP contribution >= 0.6 is 15.9 Å². The van der Waals surface area contributed by atoms with Gasteiger partial charge in [-0.1, -0.05) is 6.07 Å². The van der Waals surface area contributed by atoms with Gasteiger partial charge in [-0.05, 0) is 46.6 Å². The molecule has 2 N–H and O–H groups in total. The molecule has 0 aliphatic carbocycles. The number of nitrogen functional groups attached to an aromatic ring is 1. The second-order valence-electron chi connectivity index (χ2n) is 4.84. The summed E-state index contributed by atoms with van der Waals surface area (Å²) in [4.78, 5) is 1.96. The van der Waals surface area contributed by atoms with Crippen LogP contribution in [0, 0.1) is 11.6 Å². The van der Waals surface area contributed by atoms with Crippen molar-refractivity contribution in [3.8, 4) is 0 Å². The normalized spacial score (nSPS) is 13.7. The molecule has 1 aliphatic rings. The minimum Gasteiger partial charge on any atom is -0.398 e. The molecule has 0 aromatic heterocycles. The monoisotopic (exact) mass is 338 g/mol. The highest BCUT2D eigenvalue weighted by atomic mass is 79.9. The van der Waals surface area contributed by atoms with Gasteiger partial charge in [0, 0.05) is 35.6 Å². The fourth-order valence-corrected chi connectivity index (χ4v) is 2.97. The highest BCUT2D eigenvalue weighted by Gasteiger charge is 2.23. The fourth-order valence-electron chi connectivity index (χ4n) is 2.60. The van der Waals surface area contributed by atoms with Gasteiger partial charge in [-0.3, -0.25) is 0 Å². The van der Waals surface area contributed by atoms with Crippen LogP contribution in [0.5, 0.6) is 0 Å². The first kappa shape index (κ1) is 13.4. The summed E-state index contributed by atoms with van der Waals surface area (Å²) in [6, 6.07) is 8.30. The predicted molar refractivity (Wildman–Crippen MR) is 79.7 cm³/mol. The number of hydrogen-bond acceptors (Lipinski definition) is 2. The van der Waals surface area contributed by atoms with Crippen molar-refractivity contribution in [1.29, 1.82) is 0 Å². The second kappa shape index (κ2) is 5.05. The van der Waals surface area contributed by atoms with Crippen molar-refractivity contribution in [2.45, 2.75) is 13.0 Å². The molecule has 1 heterocycles. The van der Waals surface area contributed by atoms with Crippen LogP contribution in [0.1, 0.15) is 11.1 Å². The molecule has 0 spiro atoms. The van der Waals surface area contributed by atoms with Crippen LogP contribution in [-0.2, 0) is 13.0 Å². The first-order valence-corrected chi connectivity index (χ1v) is 7.12. The molecular weight excluding hydrogens is 326 g/mol. The van der Waals surface area contributed by atoms with Crippen LogP contribution in [0.15, 0.2) is 34.8 Å². The van der Waals surface area contributed by atoms with Gasteiger partial charge in [-0.25, -0.2) is 8.78 Å². The average molecular weight is 339 g/mol. The summed E-state index contributed by atoms with van der Waals surface area (Å²) in [7, 11) is 0. The standard InChI is InChI=1S/C15H13BrF2N2/c16-11-4-5-12(17)10(15(11)18)8-20-7-6-9-13(19)2-1-3-14(9)20/h1-5H,6-8,19H2. The number of rotatable bonds is 2. The number of nitrogens with zero attached hydrogens (tertiary/aromatic N) is 1. The lowest BCUT2D eigenvalue weighted by molar-refractivity contribution is 0.547. The van der Waals surface area contributed by atoms with E-state index in [0.717, 1.165) is 29.9 Å². The molecule has 3 rings (SSSR count). The van der Waals surface area contributed by atoms with Gasteiger partial charge >= 0.3 is 0 Å². The first-order chi connectivity index (χ1) is 9.58. The molecule has 0 fully saturated rings. The van der Waals surface area contributed by atoms with Crippen molar-refractivity contribution in [3.05, 3.63) is 57.6 Å². The van der Waals surface area contributed by atoms with E-state index in [1.807, 2.05) is 23.1 Å². The molecule has 104 valence electrons. The highest BCUT2D eigenvalue weighted by Crippen LogP contribution is 2.34. The first-order valence-electron chi connectivity index (χ1n) is 6.32. The van der Waals surface area contributed by atoms with E-state index in [9.17, 15) is 8.78 Å². The van der Waals surface area contributed by atoms with Crippen LogP contribution in [0.3, 0.4) is 0 Å². The Morgan fingerprint density at radius 3 is 2.80 bits per heavy atom. The Hall–Kier alpha value is -1.62. The van der Waals surface area contributed by atoms with Crippen LogP contribution in [0.2, 0.25) is 0 Å². The smallest absolute Gasteiger partial charge is 0.145 e. The van der Waals surface area contributed by atoms with E-state index in [4.69, 9.17) is 5.73 Å². The highest BCUT2D eigenvalue weighted by molar-refractivity contribution is 9.10. The third-order valence-corrected chi connectivity index (χ3v) is 4.26. The molecule has 2 aromatic rings. The molecule has 0 atom stereocenters. The van der Waals surface area contributed by atoms with Crippen molar-refractivity contribution in [2.75, 3.05) is 17.2 Å². The Morgan fingerprint density at radius 1 is 1.20 bits per heavy atom. The zero-order valence-corrected chi connectivity index (χ0v) is 12.3. The van der Waals surface area contributed by atoms with Crippen LogP contribution in [0.4, 0.5) is 20.2 Å². The molecule has 0 amide bonds. The zero-order valence-electron chi connectivity index (χ0n) is 10.7. The zero-order chi connectivity index (χ0) is 14.3. The quantitative estimate of drug-likeness (QED) is 0.665. The Bertz CT molecular complexity index is 673. The number of benzene rings is 2. The van der Waals surface area contributed by atoms with Crippen molar-refractivity contribution in [2.24, 2.45) is 0 Å².